The number of fused-ring (bicyclic) bond motifs is 1. The van der Waals surface area contributed by atoms with Gasteiger partial charge < -0.3 is 15.4 Å². The molecule has 1 unspecified atom stereocenters. The Morgan fingerprint density at radius 2 is 2.29 bits per heavy atom. The van der Waals surface area contributed by atoms with Gasteiger partial charge in [0.15, 0.2) is 4.96 Å². The lowest BCUT2D eigenvalue weighted by Crippen LogP contribution is -2.43. The highest BCUT2D eigenvalue weighted by atomic mass is 32.1. The van der Waals surface area contributed by atoms with E-state index in [9.17, 15) is 4.79 Å². The molecule has 7 heteroatoms. The molecule has 0 aromatic carbocycles. The van der Waals surface area contributed by atoms with Gasteiger partial charge in [0.2, 0.25) is 5.91 Å². The quantitative estimate of drug-likeness (QED) is 0.755. The van der Waals surface area contributed by atoms with Crippen LogP contribution in [0.4, 0.5) is 0 Å². The summed E-state index contributed by atoms with van der Waals surface area (Å²) < 4.78 is 7.05. The molecule has 6 nitrogen and oxygen atoms in total. The van der Waals surface area contributed by atoms with Crippen molar-refractivity contribution in [3.05, 3.63) is 22.5 Å². The number of ether oxygens (including phenoxy) is 1. The number of nitrogens with zero attached hydrogens (tertiary/aromatic N) is 2. The van der Waals surface area contributed by atoms with Gasteiger partial charge in [0.05, 0.1) is 24.0 Å². The van der Waals surface area contributed by atoms with Crippen molar-refractivity contribution >= 4 is 22.2 Å². The minimum absolute atomic E-state index is 0.0208. The number of aromatic nitrogens is 2. The highest BCUT2D eigenvalue weighted by Gasteiger charge is 2.15. The van der Waals surface area contributed by atoms with Crippen molar-refractivity contribution < 1.29 is 9.53 Å². The summed E-state index contributed by atoms with van der Waals surface area (Å²) in [5, 5.41) is 8.17. The van der Waals surface area contributed by atoms with Crippen molar-refractivity contribution in [1.29, 1.82) is 0 Å². The average Bonchev–Trinajstić information content (AvgIpc) is 2.96. The van der Waals surface area contributed by atoms with Crippen molar-refractivity contribution in [2.45, 2.75) is 33.4 Å². The molecule has 2 heterocycles. The van der Waals surface area contributed by atoms with Gasteiger partial charge in [-0.25, -0.2) is 4.98 Å². The Morgan fingerprint density at radius 1 is 1.52 bits per heavy atom. The molecule has 0 saturated heterocycles. The highest BCUT2D eigenvalue weighted by molar-refractivity contribution is 7.15. The third kappa shape index (κ3) is 3.61. The number of carbonyl (C=O) groups excluding carboxylic acids is 1. The van der Waals surface area contributed by atoms with E-state index in [-0.39, 0.29) is 11.9 Å². The van der Waals surface area contributed by atoms with Gasteiger partial charge in [-0.05, 0) is 20.8 Å². The molecular weight excluding hydrogens is 288 g/mol. The van der Waals surface area contributed by atoms with Gasteiger partial charge in [-0.3, -0.25) is 9.20 Å². The normalized spacial score (nSPS) is 12.8. The van der Waals surface area contributed by atoms with Gasteiger partial charge in [-0.15, -0.1) is 11.3 Å². The molecule has 0 fully saturated rings. The van der Waals surface area contributed by atoms with Crippen LogP contribution in [0.5, 0.6) is 0 Å². The number of aryl methyl sites for hydroxylation is 2. The van der Waals surface area contributed by atoms with Crippen LogP contribution in [0.3, 0.4) is 0 Å². The van der Waals surface area contributed by atoms with E-state index >= 15 is 0 Å². The third-order valence-electron chi connectivity index (χ3n) is 3.40. The molecule has 0 aliphatic carbocycles. The molecular formula is C14H22N4O2S. The van der Waals surface area contributed by atoms with E-state index in [0.717, 1.165) is 16.3 Å². The molecule has 116 valence electrons. The highest BCUT2D eigenvalue weighted by Crippen LogP contribution is 2.20. The second-order valence-corrected chi connectivity index (χ2v) is 5.86. The lowest BCUT2D eigenvalue weighted by molar-refractivity contribution is -0.123. The van der Waals surface area contributed by atoms with E-state index in [4.69, 9.17) is 4.74 Å². The maximum atomic E-state index is 11.9. The lowest BCUT2D eigenvalue weighted by Gasteiger charge is -2.14. The van der Waals surface area contributed by atoms with Crippen LogP contribution in [0.1, 0.15) is 24.0 Å². The van der Waals surface area contributed by atoms with E-state index in [1.54, 1.807) is 18.4 Å². The molecule has 1 amide bonds. The Morgan fingerprint density at radius 3 is 3.00 bits per heavy atom. The first-order valence-electron chi connectivity index (χ1n) is 6.96. The first-order valence-corrected chi connectivity index (χ1v) is 7.84. The van der Waals surface area contributed by atoms with Crippen LogP contribution >= 0.6 is 11.3 Å². The number of rotatable bonds is 7. The van der Waals surface area contributed by atoms with Crippen LogP contribution < -0.4 is 10.6 Å². The Kier molecular flexibility index (Phi) is 5.33. The third-order valence-corrected chi connectivity index (χ3v) is 4.35. The summed E-state index contributed by atoms with van der Waals surface area (Å²) in [7, 11) is 1.62. The van der Waals surface area contributed by atoms with Gasteiger partial charge in [-0.2, -0.15) is 0 Å². The second kappa shape index (κ2) is 7.02. The van der Waals surface area contributed by atoms with Crippen LogP contribution in [0, 0.1) is 13.8 Å². The number of methoxy groups -OCH3 is 1. The van der Waals surface area contributed by atoms with Crippen molar-refractivity contribution in [3.63, 3.8) is 0 Å². The van der Waals surface area contributed by atoms with Crippen molar-refractivity contribution in [2.24, 2.45) is 0 Å². The fourth-order valence-electron chi connectivity index (χ4n) is 2.15. The van der Waals surface area contributed by atoms with Gasteiger partial charge in [-0.1, -0.05) is 0 Å². The van der Waals surface area contributed by atoms with Crippen LogP contribution in [-0.4, -0.2) is 41.6 Å². The summed E-state index contributed by atoms with van der Waals surface area (Å²) in [4.78, 5) is 17.4. The number of amides is 1. The van der Waals surface area contributed by atoms with Crippen LogP contribution in [-0.2, 0) is 16.1 Å². The largest absolute Gasteiger partial charge is 0.383 e. The van der Waals surface area contributed by atoms with E-state index in [2.05, 4.69) is 32.3 Å². The Labute approximate surface area is 128 Å². The molecule has 2 N–H and O–H groups in total. The second-order valence-electron chi connectivity index (χ2n) is 5.03. The summed E-state index contributed by atoms with van der Waals surface area (Å²) in [5.41, 5.74) is 3.29. The number of thiazole rings is 1. The molecule has 2 aromatic heterocycles. The molecule has 0 bridgehead atoms. The monoisotopic (exact) mass is 310 g/mol. The molecule has 0 radical (unpaired) electrons. The zero-order valence-corrected chi connectivity index (χ0v) is 13.7. The number of hydrogen-bond donors (Lipinski definition) is 2. The molecule has 0 spiro atoms. The summed E-state index contributed by atoms with van der Waals surface area (Å²) in [6.07, 6.45) is 0. The Hall–Kier alpha value is -1.44. The molecule has 2 aromatic rings. The smallest absolute Gasteiger partial charge is 0.236 e. The number of nitrogens with one attached hydrogen (secondary N) is 2. The zero-order valence-electron chi connectivity index (χ0n) is 12.9. The Bertz CT molecular complexity index is 620. The van der Waals surface area contributed by atoms with Crippen LogP contribution in [0.25, 0.3) is 4.96 Å². The van der Waals surface area contributed by atoms with Crippen molar-refractivity contribution in [2.75, 3.05) is 20.3 Å². The van der Waals surface area contributed by atoms with Crippen LogP contribution in [0.2, 0.25) is 0 Å². The summed E-state index contributed by atoms with van der Waals surface area (Å²) >= 11 is 1.63. The van der Waals surface area contributed by atoms with E-state index in [0.29, 0.717) is 19.7 Å². The summed E-state index contributed by atoms with van der Waals surface area (Å²) in [6.45, 7) is 7.59. The maximum Gasteiger partial charge on any atom is 0.236 e. The van der Waals surface area contributed by atoms with Crippen LogP contribution in [0.15, 0.2) is 5.38 Å². The van der Waals surface area contributed by atoms with Gasteiger partial charge in [0, 0.05) is 31.3 Å². The number of hydrogen-bond acceptors (Lipinski definition) is 5. The standard InChI is InChI=1S/C14H22N4O2S/c1-9-8-21-14-17-10(2)12(18(9)14)7-16-11(3)13(19)15-5-6-20-4/h8,11,16H,5-7H2,1-4H3,(H,15,19). The first kappa shape index (κ1) is 15.9. The SMILES string of the molecule is COCCNC(=O)C(C)NCc1c(C)nc2scc(C)n12. The van der Waals surface area contributed by atoms with Gasteiger partial charge in [0.1, 0.15) is 0 Å². The molecule has 21 heavy (non-hydrogen) atoms. The molecule has 0 saturated carbocycles. The van der Waals surface area contributed by atoms with Crippen molar-refractivity contribution in [1.82, 2.24) is 20.0 Å². The molecule has 0 aliphatic heterocycles. The minimum atomic E-state index is -0.259. The fourth-order valence-corrected chi connectivity index (χ4v) is 3.08. The predicted molar refractivity (Wildman–Crippen MR) is 83.7 cm³/mol. The summed E-state index contributed by atoms with van der Waals surface area (Å²) in [6, 6.07) is -0.259. The van der Waals surface area contributed by atoms with E-state index < -0.39 is 0 Å². The average molecular weight is 310 g/mol. The molecule has 2 rings (SSSR count). The lowest BCUT2D eigenvalue weighted by atomic mass is 10.2. The minimum Gasteiger partial charge on any atom is -0.383 e. The van der Waals surface area contributed by atoms with Gasteiger partial charge in [0.25, 0.3) is 0 Å². The molecule has 0 aliphatic rings. The first-order chi connectivity index (χ1) is 10.0. The zero-order chi connectivity index (χ0) is 15.4. The van der Waals surface area contributed by atoms with E-state index in [1.165, 1.54) is 5.69 Å². The van der Waals surface area contributed by atoms with Crippen molar-refractivity contribution in [3.8, 4) is 0 Å². The predicted octanol–water partition coefficient (Wildman–Crippen LogP) is 1.25. The summed E-state index contributed by atoms with van der Waals surface area (Å²) in [5.74, 6) is -0.0208. The van der Waals surface area contributed by atoms with E-state index in [1.807, 2.05) is 13.8 Å². The number of carbonyl (C=O) groups is 1. The topological polar surface area (TPSA) is 67.7 Å². The number of imidazole rings is 1. The fraction of sp³-hybridized carbons (Fsp3) is 0.571. The maximum absolute atomic E-state index is 11.9. The molecule has 1 atom stereocenters. The van der Waals surface area contributed by atoms with Gasteiger partial charge >= 0.3 is 0 Å². The Balaban J connectivity index is 1.96.